The van der Waals surface area contributed by atoms with Crippen molar-refractivity contribution in [3.8, 4) is 0 Å². The molecule has 2 aliphatic rings. The van der Waals surface area contributed by atoms with E-state index in [1.807, 2.05) is 11.3 Å². The van der Waals surface area contributed by atoms with E-state index in [1.54, 1.807) is 0 Å². The van der Waals surface area contributed by atoms with E-state index < -0.39 is 0 Å². The molecular weight excluding hydrogens is 338 g/mol. The smallest absolute Gasteiger partial charge is 0.0575 e. The van der Waals surface area contributed by atoms with Gasteiger partial charge in [-0.15, -0.1) is 11.3 Å². The largest absolute Gasteiger partial charge is 0.393 e. The Morgan fingerprint density at radius 2 is 1.58 bits per heavy atom. The third-order valence-electron chi connectivity index (χ3n) is 6.67. The quantitative estimate of drug-likeness (QED) is 0.692. The molecule has 0 amide bonds. The minimum absolute atomic E-state index is 0.00528. The average Bonchev–Trinajstić information content (AvgIpc) is 2.97. The summed E-state index contributed by atoms with van der Waals surface area (Å²) in [6.07, 6.45) is 7.97. The summed E-state index contributed by atoms with van der Waals surface area (Å²) in [6.45, 7) is 9.39. The molecule has 2 nitrogen and oxygen atoms in total. The Bertz CT molecular complexity index is 733. The fraction of sp³-hybridized carbons (Fsp3) is 0.652. The Balaban J connectivity index is 1.88. The van der Waals surface area contributed by atoms with Crippen molar-refractivity contribution < 1.29 is 5.11 Å². The molecule has 0 atom stereocenters. The second-order valence-corrected chi connectivity index (χ2v) is 10.8. The Morgan fingerprint density at radius 3 is 2.19 bits per heavy atom. The fourth-order valence-electron chi connectivity index (χ4n) is 6.31. The van der Waals surface area contributed by atoms with Gasteiger partial charge in [-0.05, 0) is 70.9 Å². The first-order chi connectivity index (χ1) is 12.2. The minimum Gasteiger partial charge on any atom is -0.393 e. The number of fused-ring (bicyclic) bond motifs is 1. The standard InChI is InChI=1S/C23H33NOS/c1-21(2)15-18(25)16-22(3,4)24(21)23(12-8-5-9-13-23)20-14-17-10-6-7-11-19(17)26-20/h6-7,10-11,14,18,25H,5,8-9,12-13,15-16H2,1-4H3. The van der Waals surface area contributed by atoms with Crippen molar-refractivity contribution in [3.05, 3.63) is 35.2 Å². The molecular formula is C23H33NOS. The summed E-state index contributed by atoms with van der Waals surface area (Å²) >= 11 is 1.99. The van der Waals surface area contributed by atoms with Crippen LogP contribution in [0.5, 0.6) is 0 Å². The van der Waals surface area contributed by atoms with Crippen molar-refractivity contribution in [2.45, 2.75) is 95.4 Å². The zero-order valence-electron chi connectivity index (χ0n) is 16.7. The topological polar surface area (TPSA) is 23.5 Å². The van der Waals surface area contributed by atoms with Crippen molar-refractivity contribution in [2.24, 2.45) is 0 Å². The maximum Gasteiger partial charge on any atom is 0.0575 e. The van der Waals surface area contributed by atoms with Crippen LogP contribution in [0, 0.1) is 0 Å². The van der Waals surface area contributed by atoms with Crippen LogP contribution in [0.25, 0.3) is 10.1 Å². The fourth-order valence-corrected chi connectivity index (χ4v) is 7.61. The molecule has 0 spiro atoms. The molecule has 4 rings (SSSR count). The lowest BCUT2D eigenvalue weighted by Crippen LogP contribution is -2.69. The molecule has 3 heteroatoms. The number of piperidine rings is 1. The lowest BCUT2D eigenvalue weighted by Gasteiger charge is -2.63. The van der Waals surface area contributed by atoms with Gasteiger partial charge < -0.3 is 5.11 Å². The van der Waals surface area contributed by atoms with Crippen molar-refractivity contribution in [2.75, 3.05) is 0 Å². The van der Waals surface area contributed by atoms with Gasteiger partial charge >= 0.3 is 0 Å². The van der Waals surface area contributed by atoms with Gasteiger partial charge in [-0.1, -0.05) is 37.5 Å². The van der Waals surface area contributed by atoms with Gasteiger partial charge in [0, 0.05) is 20.7 Å². The molecule has 1 aromatic carbocycles. The molecule has 0 bridgehead atoms. The molecule has 1 N–H and O–H groups in total. The molecule has 142 valence electrons. The third kappa shape index (κ3) is 2.93. The molecule has 0 radical (unpaired) electrons. The molecule has 1 saturated carbocycles. The lowest BCUT2D eigenvalue weighted by atomic mass is 9.69. The normalized spacial score (nSPS) is 26.2. The maximum atomic E-state index is 10.5. The Kier molecular flexibility index (Phi) is 4.49. The highest BCUT2D eigenvalue weighted by Crippen LogP contribution is 2.54. The minimum atomic E-state index is -0.195. The van der Waals surface area contributed by atoms with Gasteiger partial charge in [-0.2, -0.15) is 0 Å². The van der Waals surface area contributed by atoms with Crippen LogP contribution >= 0.6 is 11.3 Å². The molecule has 26 heavy (non-hydrogen) atoms. The SMILES string of the molecule is CC1(C)CC(O)CC(C)(C)N1C1(c2cc3ccccc3s2)CCCCC1. The predicted molar refractivity (Wildman–Crippen MR) is 112 cm³/mol. The number of aliphatic hydroxyl groups is 1. The predicted octanol–water partition coefficient (Wildman–Crippen LogP) is 6.07. The first-order valence-electron chi connectivity index (χ1n) is 10.2. The highest BCUT2D eigenvalue weighted by atomic mass is 32.1. The zero-order chi connectivity index (χ0) is 18.6. The number of likely N-dealkylation sites (tertiary alicyclic amines) is 1. The van der Waals surface area contributed by atoms with Gasteiger partial charge in [0.2, 0.25) is 0 Å². The molecule has 1 saturated heterocycles. The van der Waals surface area contributed by atoms with E-state index in [0.717, 1.165) is 12.8 Å². The number of hydrogen-bond donors (Lipinski definition) is 1. The maximum absolute atomic E-state index is 10.5. The highest BCUT2D eigenvalue weighted by Gasteiger charge is 2.55. The number of hydrogen-bond acceptors (Lipinski definition) is 3. The van der Waals surface area contributed by atoms with Crippen LogP contribution in [0.1, 0.15) is 77.5 Å². The van der Waals surface area contributed by atoms with E-state index >= 15 is 0 Å². The Morgan fingerprint density at radius 1 is 0.962 bits per heavy atom. The van der Waals surface area contributed by atoms with Crippen LogP contribution in [0.3, 0.4) is 0 Å². The molecule has 2 fully saturated rings. The van der Waals surface area contributed by atoms with Crippen LogP contribution in [-0.4, -0.2) is 27.2 Å². The van der Waals surface area contributed by atoms with E-state index in [9.17, 15) is 5.11 Å². The summed E-state index contributed by atoms with van der Waals surface area (Å²) in [5, 5.41) is 11.9. The Labute approximate surface area is 162 Å². The summed E-state index contributed by atoms with van der Waals surface area (Å²) in [5.74, 6) is 0. The van der Waals surface area contributed by atoms with Crippen LogP contribution in [0.15, 0.2) is 30.3 Å². The van der Waals surface area contributed by atoms with Crippen molar-refractivity contribution >= 4 is 21.4 Å². The molecule has 2 heterocycles. The van der Waals surface area contributed by atoms with Gasteiger partial charge in [-0.25, -0.2) is 0 Å². The van der Waals surface area contributed by atoms with E-state index in [0.29, 0.717) is 0 Å². The second kappa shape index (κ2) is 6.32. The number of nitrogens with zero attached hydrogens (tertiary/aromatic N) is 1. The van der Waals surface area contributed by atoms with Gasteiger partial charge in [0.25, 0.3) is 0 Å². The number of benzene rings is 1. The van der Waals surface area contributed by atoms with Gasteiger partial charge in [-0.3, -0.25) is 4.90 Å². The number of rotatable bonds is 2. The summed E-state index contributed by atoms with van der Waals surface area (Å²) in [5.41, 5.74) is 0.0957. The van der Waals surface area contributed by atoms with Crippen LogP contribution in [0.4, 0.5) is 0 Å². The van der Waals surface area contributed by atoms with E-state index in [-0.39, 0.29) is 22.7 Å². The summed E-state index contributed by atoms with van der Waals surface area (Å²) < 4.78 is 1.40. The third-order valence-corrected chi connectivity index (χ3v) is 7.98. The van der Waals surface area contributed by atoms with E-state index in [4.69, 9.17) is 0 Å². The molecule has 0 unspecified atom stereocenters. The number of thiophene rings is 1. The van der Waals surface area contributed by atoms with Gasteiger partial charge in [0.1, 0.15) is 0 Å². The summed E-state index contributed by atoms with van der Waals surface area (Å²) in [6, 6.07) is 11.3. The van der Waals surface area contributed by atoms with Gasteiger partial charge in [0.15, 0.2) is 0 Å². The summed E-state index contributed by atoms with van der Waals surface area (Å²) in [7, 11) is 0. The Hall–Kier alpha value is -0.900. The zero-order valence-corrected chi connectivity index (χ0v) is 17.5. The highest BCUT2D eigenvalue weighted by molar-refractivity contribution is 7.19. The van der Waals surface area contributed by atoms with E-state index in [2.05, 4.69) is 62.9 Å². The second-order valence-electron chi connectivity index (χ2n) is 9.76. The first kappa shape index (κ1) is 18.5. The van der Waals surface area contributed by atoms with Crippen molar-refractivity contribution in [1.29, 1.82) is 0 Å². The van der Waals surface area contributed by atoms with Crippen molar-refractivity contribution in [1.82, 2.24) is 4.90 Å². The monoisotopic (exact) mass is 371 g/mol. The average molecular weight is 372 g/mol. The molecule has 2 aromatic rings. The van der Waals surface area contributed by atoms with Crippen LogP contribution in [-0.2, 0) is 5.54 Å². The number of aliphatic hydroxyl groups excluding tert-OH is 1. The summed E-state index contributed by atoms with van der Waals surface area (Å²) in [4.78, 5) is 4.36. The van der Waals surface area contributed by atoms with Gasteiger partial charge in [0.05, 0.1) is 11.6 Å². The molecule has 1 aliphatic heterocycles. The van der Waals surface area contributed by atoms with Crippen molar-refractivity contribution in [3.63, 3.8) is 0 Å². The molecule has 1 aromatic heterocycles. The van der Waals surface area contributed by atoms with Crippen LogP contribution < -0.4 is 0 Å². The van der Waals surface area contributed by atoms with Crippen LogP contribution in [0.2, 0.25) is 0 Å². The molecule has 1 aliphatic carbocycles. The first-order valence-corrected chi connectivity index (χ1v) is 11.0. The van der Waals surface area contributed by atoms with E-state index in [1.165, 1.54) is 47.1 Å². The lowest BCUT2D eigenvalue weighted by molar-refractivity contribution is -0.154.